The number of hydrogen-bond acceptors (Lipinski definition) is 2. The molecule has 0 atom stereocenters. The molecule has 0 saturated heterocycles. The second-order valence-electron chi connectivity index (χ2n) is 3.98. The Hall–Kier alpha value is -0.970. The first kappa shape index (κ1) is 14.1. The Labute approximate surface area is 111 Å². The van der Waals surface area contributed by atoms with Crippen molar-refractivity contribution in [2.75, 3.05) is 11.9 Å². The van der Waals surface area contributed by atoms with Gasteiger partial charge in [-0.15, -0.1) is 0 Å². The van der Waals surface area contributed by atoms with E-state index in [4.69, 9.17) is 29.0 Å². The highest BCUT2D eigenvalue weighted by molar-refractivity contribution is 6.35. The lowest BCUT2D eigenvalue weighted by atomic mass is 10.2. The van der Waals surface area contributed by atoms with Gasteiger partial charge in [0.05, 0.1) is 10.7 Å². The maximum absolute atomic E-state index is 6.02. The molecular weight excluding hydrogens is 259 g/mol. The second kappa shape index (κ2) is 6.69. The second-order valence-corrected chi connectivity index (χ2v) is 4.82. The van der Waals surface area contributed by atoms with E-state index in [1.807, 2.05) is 0 Å². The smallest absolute Gasteiger partial charge is 0.210 e. The maximum Gasteiger partial charge on any atom is 0.210 e. The highest BCUT2D eigenvalue weighted by Gasteiger charge is 2.04. The van der Waals surface area contributed by atoms with Gasteiger partial charge in [0, 0.05) is 11.6 Å². The normalized spacial score (nSPS) is 11.8. The number of hydrazine groups is 1. The van der Waals surface area contributed by atoms with Crippen molar-refractivity contribution in [3.8, 4) is 0 Å². The summed E-state index contributed by atoms with van der Waals surface area (Å²) in [5.41, 5.74) is 3.16. The first-order chi connectivity index (χ1) is 8.02. The molecule has 94 valence electrons. The van der Waals surface area contributed by atoms with Gasteiger partial charge in [-0.2, -0.15) is 0 Å². The van der Waals surface area contributed by atoms with Gasteiger partial charge in [0.2, 0.25) is 5.96 Å². The first-order valence-corrected chi connectivity index (χ1v) is 6.01. The number of benzene rings is 1. The fourth-order valence-electron chi connectivity index (χ4n) is 1.12. The molecule has 0 heterocycles. The van der Waals surface area contributed by atoms with Gasteiger partial charge in [-0.05, 0) is 24.1 Å². The third-order valence-electron chi connectivity index (χ3n) is 1.93. The molecule has 1 rings (SSSR count). The van der Waals surface area contributed by atoms with Crippen LogP contribution in [-0.2, 0) is 0 Å². The van der Waals surface area contributed by atoms with Crippen LogP contribution >= 0.6 is 23.2 Å². The van der Waals surface area contributed by atoms with Gasteiger partial charge in [-0.1, -0.05) is 37.0 Å². The number of rotatable bonds is 3. The lowest BCUT2D eigenvalue weighted by Gasteiger charge is -2.11. The number of hydrogen-bond donors (Lipinski definition) is 3. The Morgan fingerprint density at radius 3 is 2.71 bits per heavy atom. The quantitative estimate of drug-likeness (QED) is 0.344. The Morgan fingerprint density at radius 1 is 1.41 bits per heavy atom. The van der Waals surface area contributed by atoms with Crippen LogP contribution < -0.4 is 16.6 Å². The Morgan fingerprint density at radius 2 is 2.12 bits per heavy atom. The molecule has 0 unspecified atom stereocenters. The lowest BCUT2D eigenvalue weighted by molar-refractivity contribution is 0.663. The molecule has 0 radical (unpaired) electrons. The van der Waals surface area contributed by atoms with Crippen molar-refractivity contribution in [3.05, 3.63) is 28.2 Å². The zero-order valence-corrected chi connectivity index (χ0v) is 11.3. The van der Waals surface area contributed by atoms with Crippen LogP contribution in [0.5, 0.6) is 0 Å². The number of guanidine groups is 1. The highest BCUT2D eigenvalue weighted by Crippen LogP contribution is 2.25. The molecule has 1 aromatic rings. The van der Waals surface area contributed by atoms with Crippen molar-refractivity contribution in [3.63, 3.8) is 0 Å². The number of anilines is 1. The van der Waals surface area contributed by atoms with Crippen LogP contribution in [0, 0.1) is 5.92 Å². The molecule has 0 saturated carbocycles. The molecule has 1 aromatic carbocycles. The number of halogens is 2. The van der Waals surface area contributed by atoms with Gasteiger partial charge in [-0.25, -0.2) is 5.84 Å². The van der Waals surface area contributed by atoms with Crippen molar-refractivity contribution in [1.82, 2.24) is 5.43 Å². The molecule has 0 aliphatic heterocycles. The molecule has 4 nitrogen and oxygen atoms in total. The summed E-state index contributed by atoms with van der Waals surface area (Å²) in [6, 6.07) is 5.14. The summed E-state index contributed by atoms with van der Waals surface area (Å²) in [6.07, 6.45) is 0. The van der Waals surface area contributed by atoms with Crippen LogP contribution in [0.1, 0.15) is 13.8 Å². The van der Waals surface area contributed by atoms with Crippen molar-refractivity contribution in [1.29, 1.82) is 0 Å². The fourth-order valence-corrected chi connectivity index (χ4v) is 1.45. The van der Waals surface area contributed by atoms with Gasteiger partial charge in [0.15, 0.2) is 0 Å². The standard InChI is InChI=1S/C11H16Cl2N4/c1-7(2)6-15-11(17-14)16-10-5-8(12)3-4-9(10)13/h3-5,7H,6,14H2,1-2H3,(H2,15,16,17). The van der Waals surface area contributed by atoms with E-state index in [1.165, 1.54) is 0 Å². The summed E-state index contributed by atoms with van der Waals surface area (Å²) in [4.78, 5) is 4.28. The average Bonchev–Trinajstić information content (AvgIpc) is 2.28. The molecule has 0 aliphatic carbocycles. The largest absolute Gasteiger partial charge is 0.324 e. The zero-order chi connectivity index (χ0) is 12.8. The predicted molar refractivity (Wildman–Crippen MR) is 74.5 cm³/mol. The van der Waals surface area contributed by atoms with Crippen LogP contribution in [0.15, 0.2) is 23.2 Å². The number of aliphatic imine (C=N–C) groups is 1. The van der Waals surface area contributed by atoms with Crippen LogP contribution in [0.3, 0.4) is 0 Å². The molecule has 6 heteroatoms. The molecule has 4 N–H and O–H groups in total. The number of nitrogens with two attached hydrogens (primary N) is 1. The van der Waals surface area contributed by atoms with Gasteiger partial charge < -0.3 is 5.32 Å². The van der Waals surface area contributed by atoms with E-state index < -0.39 is 0 Å². The van der Waals surface area contributed by atoms with E-state index in [2.05, 4.69) is 29.6 Å². The summed E-state index contributed by atoms with van der Waals surface area (Å²) >= 11 is 11.9. The summed E-state index contributed by atoms with van der Waals surface area (Å²) < 4.78 is 0. The van der Waals surface area contributed by atoms with E-state index in [-0.39, 0.29) is 0 Å². The predicted octanol–water partition coefficient (Wildman–Crippen LogP) is 2.88. The van der Waals surface area contributed by atoms with E-state index in [0.29, 0.717) is 34.2 Å². The van der Waals surface area contributed by atoms with Crippen LogP contribution in [0.4, 0.5) is 5.69 Å². The summed E-state index contributed by atoms with van der Waals surface area (Å²) in [5, 5.41) is 4.14. The molecular formula is C11H16Cl2N4. The van der Waals surface area contributed by atoms with E-state index >= 15 is 0 Å². The molecule has 0 bridgehead atoms. The minimum absolute atomic E-state index is 0.454. The molecule has 0 amide bonds. The zero-order valence-electron chi connectivity index (χ0n) is 9.80. The minimum Gasteiger partial charge on any atom is -0.324 e. The van der Waals surface area contributed by atoms with Crippen molar-refractivity contribution in [2.24, 2.45) is 16.8 Å². The Kier molecular flexibility index (Phi) is 5.55. The van der Waals surface area contributed by atoms with Crippen LogP contribution in [0.2, 0.25) is 10.0 Å². The topological polar surface area (TPSA) is 62.4 Å². The first-order valence-electron chi connectivity index (χ1n) is 5.26. The SMILES string of the molecule is CC(C)CN=C(NN)Nc1cc(Cl)ccc1Cl. The fraction of sp³-hybridized carbons (Fsp3) is 0.364. The van der Waals surface area contributed by atoms with Gasteiger partial charge in [-0.3, -0.25) is 10.4 Å². The Bertz CT molecular complexity index is 404. The van der Waals surface area contributed by atoms with E-state index in [9.17, 15) is 0 Å². The number of nitrogens with one attached hydrogen (secondary N) is 2. The van der Waals surface area contributed by atoms with Gasteiger partial charge in [0.1, 0.15) is 0 Å². The van der Waals surface area contributed by atoms with Crippen LogP contribution in [0.25, 0.3) is 0 Å². The summed E-state index contributed by atoms with van der Waals surface area (Å²) in [5.74, 6) is 6.29. The third kappa shape index (κ3) is 4.81. The van der Waals surface area contributed by atoms with Crippen LogP contribution in [-0.4, -0.2) is 12.5 Å². The third-order valence-corrected chi connectivity index (χ3v) is 2.50. The molecule has 0 aromatic heterocycles. The maximum atomic E-state index is 6.02. The highest BCUT2D eigenvalue weighted by atomic mass is 35.5. The van der Waals surface area contributed by atoms with E-state index in [0.717, 1.165) is 0 Å². The minimum atomic E-state index is 0.454. The van der Waals surface area contributed by atoms with Crippen molar-refractivity contribution in [2.45, 2.75) is 13.8 Å². The molecule has 17 heavy (non-hydrogen) atoms. The summed E-state index contributed by atoms with van der Waals surface area (Å²) in [7, 11) is 0. The van der Waals surface area contributed by atoms with Gasteiger partial charge in [0.25, 0.3) is 0 Å². The molecule has 0 spiro atoms. The van der Waals surface area contributed by atoms with Gasteiger partial charge >= 0.3 is 0 Å². The summed E-state index contributed by atoms with van der Waals surface area (Å²) in [6.45, 7) is 4.82. The van der Waals surface area contributed by atoms with E-state index in [1.54, 1.807) is 18.2 Å². The lowest BCUT2D eigenvalue weighted by Crippen LogP contribution is -2.36. The monoisotopic (exact) mass is 274 g/mol. The van der Waals surface area contributed by atoms with Crippen molar-refractivity contribution < 1.29 is 0 Å². The molecule has 0 aliphatic rings. The van der Waals surface area contributed by atoms with Crippen molar-refractivity contribution >= 4 is 34.8 Å². The average molecular weight is 275 g/mol. The number of nitrogens with zero attached hydrogens (tertiary/aromatic N) is 1. The Balaban J connectivity index is 2.80. The molecule has 0 fully saturated rings.